The molecule has 11 heteroatoms. The molecule has 0 aromatic rings. The molecule has 3 unspecified atom stereocenters. The summed E-state index contributed by atoms with van der Waals surface area (Å²) >= 11 is 0. The predicted molar refractivity (Wildman–Crippen MR) is 113 cm³/mol. The van der Waals surface area contributed by atoms with E-state index in [0.717, 1.165) is 19.3 Å². The molecule has 3 N–H and O–H groups in total. The van der Waals surface area contributed by atoms with Gasteiger partial charge in [0.1, 0.15) is 12.2 Å². The summed E-state index contributed by atoms with van der Waals surface area (Å²) in [7, 11) is -4.57. The van der Waals surface area contributed by atoms with Crippen LogP contribution in [0.1, 0.15) is 78.1 Å². The van der Waals surface area contributed by atoms with Crippen LogP contribution in [0.5, 0.6) is 0 Å². The third kappa shape index (κ3) is 17.2. The molecule has 0 saturated carbocycles. The lowest BCUT2D eigenvalue weighted by atomic mass is 10.1. The van der Waals surface area contributed by atoms with Crippen molar-refractivity contribution in [1.29, 1.82) is 0 Å². The maximum Gasteiger partial charge on any atom is 0.472 e. The Morgan fingerprint density at radius 3 is 1.68 bits per heavy atom. The first-order chi connectivity index (χ1) is 14.8. The van der Waals surface area contributed by atoms with Gasteiger partial charge in [-0.05, 0) is 6.42 Å². The van der Waals surface area contributed by atoms with Crippen LogP contribution in [0.2, 0.25) is 0 Å². The molecular weight excluding hydrogens is 431 g/mol. The number of rotatable bonds is 20. The van der Waals surface area contributed by atoms with Gasteiger partial charge in [0.25, 0.3) is 0 Å². The maximum absolute atomic E-state index is 11.9. The van der Waals surface area contributed by atoms with Gasteiger partial charge in [0.05, 0.1) is 26.4 Å². The number of phosphoric ester groups is 1. The first-order valence-electron chi connectivity index (χ1n) is 11.0. The van der Waals surface area contributed by atoms with Crippen molar-refractivity contribution in [3.63, 3.8) is 0 Å². The molecule has 0 aliphatic rings. The van der Waals surface area contributed by atoms with Crippen LogP contribution in [0.15, 0.2) is 0 Å². The van der Waals surface area contributed by atoms with Crippen LogP contribution in [0, 0.1) is 0 Å². The molecule has 0 amide bonds. The van der Waals surface area contributed by atoms with Crippen LogP contribution in [-0.4, -0.2) is 65.7 Å². The van der Waals surface area contributed by atoms with E-state index in [1.807, 2.05) is 0 Å². The Morgan fingerprint density at radius 2 is 1.23 bits per heavy atom. The van der Waals surface area contributed by atoms with Crippen LogP contribution in [0.25, 0.3) is 0 Å². The highest BCUT2D eigenvalue weighted by atomic mass is 31.2. The van der Waals surface area contributed by atoms with Crippen molar-refractivity contribution in [3.8, 4) is 0 Å². The van der Waals surface area contributed by atoms with Crippen molar-refractivity contribution >= 4 is 19.8 Å². The Morgan fingerprint density at radius 1 is 0.774 bits per heavy atom. The average Bonchev–Trinajstić information content (AvgIpc) is 2.75. The molecule has 0 aliphatic carbocycles. The van der Waals surface area contributed by atoms with Crippen molar-refractivity contribution in [1.82, 2.24) is 0 Å². The second-order valence-corrected chi connectivity index (χ2v) is 8.68. The molecule has 0 saturated heterocycles. The second-order valence-electron chi connectivity index (χ2n) is 7.23. The molecule has 0 aromatic heterocycles. The fourth-order valence-electron chi connectivity index (χ4n) is 2.56. The van der Waals surface area contributed by atoms with Gasteiger partial charge in [0.15, 0.2) is 0 Å². The zero-order valence-corrected chi connectivity index (χ0v) is 19.6. The number of esters is 2. The molecule has 0 aromatic carbocycles. The van der Waals surface area contributed by atoms with Gasteiger partial charge >= 0.3 is 19.8 Å². The number of phosphoric acid groups is 1. The predicted octanol–water partition coefficient (Wildman–Crippen LogP) is 2.87. The third-order valence-corrected chi connectivity index (χ3v) is 5.32. The third-order valence-electron chi connectivity index (χ3n) is 4.37. The molecule has 0 aliphatic heterocycles. The number of ether oxygens (including phenoxy) is 2. The Bertz CT molecular complexity index is 528. The monoisotopic (exact) mass is 470 g/mol. The van der Waals surface area contributed by atoms with E-state index in [0.29, 0.717) is 6.42 Å². The number of aliphatic hydroxyl groups excluding tert-OH is 2. The number of hydrogen-bond acceptors (Lipinski definition) is 9. The summed E-state index contributed by atoms with van der Waals surface area (Å²) in [5.74, 6) is -1.12. The van der Waals surface area contributed by atoms with Crippen molar-refractivity contribution in [2.75, 3.05) is 26.4 Å². The summed E-state index contributed by atoms with van der Waals surface area (Å²) in [6.07, 6.45) is 6.71. The zero-order chi connectivity index (χ0) is 23.5. The van der Waals surface area contributed by atoms with Crippen LogP contribution in [0.4, 0.5) is 0 Å². The van der Waals surface area contributed by atoms with Crippen LogP contribution >= 0.6 is 7.82 Å². The van der Waals surface area contributed by atoms with E-state index in [1.54, 1.807) is 6.92 Å². The fourth-order valence-corrected chi connectivity index (χ4v) is 3.34. The quantitative estimate of drug-likeness (QED) is 0.138. The lowest BCUT2D eigenvalue weighted by Crippen LogP contribution is -2.28. The minimum absolute atomic E-state index is 0.0757. The van der Waals surface area contributed by atoms with Crippen molar-refractivity contribution in [2.45, 2.75) is 90.3 Å². The SMILES string of the molecule is CCCCCCCCCCC(=O)OC(CO)COP(=O)(O)OCC(CO)OC(=O)CC. The highest BCUT2D eigenvalue weighted by molar-refractivity contribution is 7.47. The maximum atomic E-state index is 11.9. The molecule has 0 radical (unpaired) electrons. The van der Waals surface area contributed by atoms with E-state index >= 15 is 0 Å². The molecule has 31 heavy (non-hydrogen) atoms. The second kappa shape index (κ2) is 18.5. The summed E-state index contributed by atoms with van der Waals surface area (Å²) in [6.45, 7) is 1.44. The minimum atomic E-state index is -4.57. The van der Waals surface area contributed by atoms with E-state index in [9.17, 15) is 24.2 Å². The Hall–Kier alpha value is -1.03. The Labute approximate surface area is 184 Å². The van der Waals surface area contributed by atoms with E-state index in [-0.39, 0.29) is 12.8 Å². The van der Waals surface area contributed by atoms with E-state index in [4.69, 9.17) is 19.1 Å². The molecule has 3 atom stereocenters. The van der Waals surface area contributed by atoms with Crippen LogP contribution in [0.3, 0.4) is 0 Å². The van der Waals surface area contributed by atoms with Gasteiger partial charge in [0, 0.05) is 12.8 Å². The number of hydrogen-bond donors (Lipinski definition) is 3. The van der Waals surface area contributed by atoms with Gasteiger partial charge in [-0.1, -0.05) is 58.8 Å². The number of unbranched alkanes of at least 4 members (excludes halogenated alkanes) is 7. The normalized spacial score (nSPS) is 15.1. The molecule has 0 rings (SSSR count). The molecule has 0 bridgehead atoms. The molecule has 0 spiro atoms. The van der Waals surface area contributed by atoms with Crippen molar-refractivity contribution in [2.24, 2.45) is 0 Å². The molecule has 10 nitrogen and oxygen atoms in total. The number of aliphatic hydroxyl groups is 2. The smallest absolute Gasteiger partial charge is 0.457 e. The average molecular weight is 470 g/mol. The first-order valence-corrected chi connectivity index (χ1v) is 12.5. The summed E-state index contributed by atoms with van der Waals surface area (Å²) in [5, 5.41) is 18.4. The molecule has 0 heterocycles. The number of carbonyl (C=O) groups excluding carboxylic acids is 2. The summed E-state index contributed by atoms with van der Waals surface area (Å²) in [6, 6.07) is 0. The molecule has 184 valence electrons. The Kier molecular flexibility index (Phi) is 17.9. The van der Waals surface area contributed by atoms with Crippen molar-refractivity contribution in [3.05, 3.63) is 0 Å². The van der Waals surface area contributed by atoms with Gasteiger partial charge in [-0.25, -0.2) is 4.57 Å². The minimum Gasteiger partial charge on any atom is -0.457 e. The lowest BCUT2D eigenvalue weighted by Gasteiger charge is -2.20. The van der Waals surface area contributed by atoms with E-state index in [2.05, 4.69) is 11.4 Å². The summed E-state index contributed by atoms with van der Waals surface area (Å²) in [4.78, 5) is 32.7. The zero-order valence-electron chi connectivity index (χ0n) is 18.7. The Balaban J connectivity index is 4.11. The van der Waals surface area contributed by atoms with Crippen molar-refractivity contribution < 1.29 is 47.8 Å². The van der Waals surface area contributed by atoms with Gasteiger partial charge < -0.3 is 24.6 Å². The highest BCUT2D eigenvalue weighted by Crippen LogP contribution is 2.43. The largest absolute Gasteiger partial charge is 0.472 e. The topological polar surface area (TPSA) is 149 Å². The first kappa shape index (κ1) is 30.0. The van der Waals surface area contributed by atoms with Crippen LogP contribution in [-0.2, 0) is 32.7 Å². The lowest BCUT2D eigenvalue weighted by molar-refractivity contribution is -0.153. The van der Waals surface area contributed by atoms with Gasteiger partial charge in [-0.3, -0.25) is 18.6 Å². The van der Waals surface area contributed by atoms with E-state index < -0.39 is 58.4 Å². The van der Waals surface area contributed by atoms with Gasteiger partial charge in [-0.2, -0.15) is 0 Å². The van der Waals surface area contributed by atoms with Gasteiger partial charge in [0.2, 0.25) is 0 Å². The summed E-state index contributed by atoms with van der Waals surface area (Å²) in [5.41, 5.74) is 0. The molecule has 0 fully saturated rings. The van der Waals surface area contributed by atoms with Gasteiger partial charge in [-0.15, -0.1) is 0 Å². The molecular formula is C20H39O10P. The summed E-state index contributed by atoms with van der Waals surface area (Å²) < 4.78 is 31.2. The van der Waals surface area contributed by atoms with E-state index in [1.165, 1.54) is 25.7 Å². The highest BCUT2D eigenvalue weighted by Gasteiger charge is 2.27. The standard InChI is InChI=1S/C20H39O10P/c1-3-5-6-7-8-9-10-11-12-20(24)30-18(14-22)16-28-31(25,26)27-15-17(13-21)29-19(23)4-2/h17-18,21-22H,3-16H2,1-2H3,(H,25,26). The van der Waals surface area contributed by atoms with Crippen LogP contribution < -0.4 is 0 Å². The fraction of sp³-hybridized carbons (Fsp3) is 0.900. The number of carbonyl (C=O) groups is 2.